The molecular weight excluding hydrogens is 284 g/mol. The van der Waals surface area contributed by atoms with Crippen molar-refractivity contribution < 1.29 is 9.30 Å². The van der Waals surface area contributed by atoms with Crippen LogP contribution in [-0.4, -0.2) is 11.2 Å². The molecule has 0 saturated heterocycles. The smallest absolute Gasteiger partial charge is 0.258 e. The van der Waals surface area contributed by atoms with Crippen molar-refractivity contribution in [3.63, 3.8) is 0 Å². The van der Waals surface area contributed by atoms with E-state index in [1.807, 2.05) is 0 Å². The van der Waals surface area contributed by atoms with Crippen LogP contribution in [0.1, 0.15) is 90.3 Å². The molecule has 1 aromatic rings. The number of ether oxygens (including phenoxy) is 1. The second-order valence-corrected chi connectivity index (χ2v) is 6.76. The van der Waals surface area contributed by atoms with Crippen LogP contribution in [0.25, 0.3) is 0 Å². The molecule has 0 aliphatic rings. The van der Waals surface area contributed by atoms with E-state index in [-0.39, 0.29) is 0 Å². The van der Waals surface area contributed by atoms with Gasteiger partial charge in [-0.05, 0) is 12.8 Å². The zero-order valence-electron chi connectivity index (χ0n) is 15.9. The molecule has 0 saturated carbocycles. The molecule has 0 aromatic carbocycles. The Morgan fingerprint density at radius 3 is 2.09 bits per heavy atom. The van der Waals surface area contributed by atoms with Gasteiger partial charge in [-0.15, -0.1) is 0 Å². The maximum Gasteiger partial charge on any atom is 0.258 e. The van der Waals surface area contributed by atoms with Gasteiger partial charge in [0.2, 0.25) is 0 Å². The third-order valence-corrected chi connectivity index (χ3v) is 4.56. The summed E-state index contributed by atoms with van der Waals surface area (Å²) in [6.07, 6.45) is 20.3. The minimum atomic E-state index is 0.702. The van der Waals surface area contributed by atoms with Crippen LogP contribution < -0.4 is 4.57 Å². The number of hydrogen-bond donors (Lipinski definition) is 0. The molecule has 1 rings (SSSR count). The van der Waals surface area contributed by atoms with Gasteiger partial charge >= 0.3 is 0 Å². The third kappa shape index (κ3) is 9.14. The van der Waals surface area contributed by atoms with Gasteiger partial charge in [-0.3, -0.25) is 0 Å². The highest BCUT2D eigenvalue weighted by Crippen LogP contribution is 2.10. The second kappa shape index (κ2) is 13.6. The number of nitrogens with zero attached hydrogens (tertiary/aromatic N) is 2. The highest BCUT2D eigenvalue weighted by molar-refractivity contribution is 4.82. The molecule has 3 nitrogen and oxygen atoms in total. The van der Waals surface area contributed by atoms with Crippen molar-refractivity contribution in [2.24, 2.45) is 7.05 Å². The quantitative estimate of drug-likeness (QED) is 0.322. The Labute approximate surface area is 144 Å². The molecule has 0 N–H and O–H groups in total. The van der Waals surface area contributed by atoms with E-state index in [4.69, 9.17) is 4.74 Å². The lowest BCUT2D eigenvalue weighted by Crippen LogP contribution is -2.32. The van der Waals surface area contributed by atoms with Crippen molar-refractivity contribution in [1.29, 1.82) is 0 Å². The Bertz CT molecular complexity index is 387. The van der Waals surface area contributed by atoms with Crippen molar-refractivity contribution in [2.75, 3.05) is 6.61 Å². The normalized spacial score (nSPS) is 11.3. The van der Waals surface area contributed by atoms with E-state index in [1.165, 1.54) is 76.5 Å². The Kier molecular flexibility index (Phi) is 11.9. The van der Waals surface area contributed by atoms with Crippen molar-refractivity contribution in [3.05, 3.63) is 18.2 Å². The Morgan fingerprint density at radius 2 is 1.48 bits per heavy atom. The summed E-state index contributed by atoms with van der Waals surface area (Å²) in [6.45, 7) is 6.10. The number of hydrogen-bond acceptors (Lipinski definition) is 1. The van der Waals surface area contributed by atoms with Crippen LogP contribution in [0, 0.1) is 0 Å². The number of aromatic nitrogens is 2. The maximum atomic E-state index is 5.84. The zero-order chi connectivity index (χ0) is 16.8. The van der Waals surface area contributed by atoms with E-state index in [0.29, 0.717) is 6.73 Å². The number of aryl methyl sites for hydroxylation is 1. The maximum absolute atomic E-state index is 5.84. The van der Waals surface area contributed by atoms with Gasteiger partial charge in [0.15, 0.2) is 6.73 Å². The number of unbranched alkanes of at least 4 members (excludes halogenated alkanes) is 9. The van der Waals surface area contributed by atoms with Crippen LogP contribution in [0.3, 0.4) is 0 Å². The summed E-state index contributed by atoms with van der Waals surface area (Å²) in [6, 6.07) is 0. The van der Waals surface area contributed by atoms with E-state index >= 15 is 0 Å². The molecule has 0 spiro atoms. The monoisotopic (exact) mass is 323 g/mol. The predicted octanol–water partition coefficient (Wildman–Crippen LogP) is 5.16. The lowest BCUT2D eigenvalue weighted by atomic mass is 10.1. The first kappa shape index (κ1) is 20.2. The summed E-state index contributed by atoms with van der Waals surface area (Å²) in [4.78, 5) is 0. The van der Waals surface area contributed by atoms with Crippen molar-refractivity contribution >= 4 is 0 Å². The van der Waals surface area contributed by atoms with Crippen LogP contribution in [0.5, 0.6) is 0 Å². The average molecular weight is 324 g/mol. The summed E-state index contributed by atoms with van der Waals surface area (Å²) in [5.74, 6) is 1.36. The summed E-state index contributed by atoms with van der Waals surface area (Å²) >= 11 is 0. The first-order valence-electron chi connectivity index (χ1n) is 9.91. The second-order valence-electron chi connectivity index (χ2n) is 6.76. The molecule has 23 heavy (non-hydrogen) atoms. The predicted molar refractivity (Wildman–Crippen MR) is 97.4 cm³/mol. The number of rotatable bonds is 15. The van der Waals surface area contributed by atoms with Gasteiger partial charge in [0.1, 0.15) is 12.4 Å². The van der Waals surface area contributed by atoms with Crippen LogP contribution in [0.2, 0.25) is 0 Å². The highest BCUT2D eigenvalue weighted by atomic mass is 16.5. The SMILES string of the molecule is CCCCCCCCCCCCOCn1cc[n+](C)c1CCC. The van der Waals surface area contributed by atoms with Gasteiger partial charge < -0.3 is 4.74 Å². The van der Waals surface area contributed by atoms with Crippen LogP contribution in [-0.2, 0) is 24.9 Å². The molecule has 0 bridgehead atoms. The summed E-state index contributed by atoms with van der Waals surface area (Å²) in [7, 11) is 2.11. The van der Waals surface area contributed by atoms with Crippen molar-refractivity contribution in [2.45, 2.75) is 97.6 Å². The van der Waals surface area contributed by atoms with Gasteiger partial charge in [-0.2, -0.15) is 0 Å². The Hall–Kier alpha value is -0.830. The minimum Gasteiger partial charge on any atom is -0.342 e. The first-order valence-corrected chi connectivity index (χ1v) is 9.91. The molecule has 1 aromatic heterocycles. The van der Waals surface area contributed by atoms with Crippen LogP contribution in [0.4, 0.5) is 0 Å². The third-order valence-electron chi connectivity index (χ3n) is 4.56. The largest absolute Gasteiger partial charge is 0.342 e. The van der Waals surface area contributed by atoms with Crippen molar-refractivity contribution in [3.8, 4) is 0 Å². The van der Waals surface area contributed by atoms with Crippen LogP contribution in [0.15, 0.2) is 12.4 Å². The molecule has 134 valence electrons. The summed E-state index contributed by atoms with van der Waals surface area (Å²) < 4.78 is 10.3. The van der Waals surface area contributed by atoms with Gasteiger partial charge in [-0.1, -0.05) is 71.6 Å². The fraction of sp³-hybridized carbons (Fsp3) is 0.850. The van der Waals surface area contributed by atoms with E-state index in [2.05, 4.69) is 42.4 Å². The first-order chi connectivity index (χ1) is 11.3. The zero-order valence-corrected chi connectivity index (χ0v) is 15.9. The fourth-order valence-corrected chi connectivity index (χ4v) is 3.07. The molecule has 1 heterocycles. The fourth-order valence-electron chi connectivity index (χ4n) is 3.07. The van der Waals surface area contributed by atoms with E-state index in [1.54, 1.807) is 0 Å². The van der Waals surface area contributed by atoms with E-state index in [9.17, 15) is 0 Å². The molecule has 3 heteroatoms. The number of imidazole rings is 1. The summed E-state index contributed by atoms with van der Waals surface area (Å²) in [5, 5.41) is 0. The van der Waals surface area contributed by atoms with E-state index in [0.717, 1.165) is 13.0 Å². The molecule has 0 aliphatic heterocycles. The van der Waals surface area contributed by atoms with Gasteiger partial charge in [0, 0.05) is 6.42 Å². The highest BCUT2D eigenvalue weighted by Gasteiger charge is 2.12. The molecular formula is C20H39N2O+. The lowest BCUT2D eigenvalue weighted by Gasteiger charge is -2.05. The van der Waals surface area contributed by atoms with Gasteiger partial charge in [0.25, 0.3) is 5.82 Å². The molecule has 0 atom stereocenters. The molecule has 0 amide bonds. The molecule has 0 unspecified atom stereocenters. The van der Waals surface area contributed by atoms with Crippen molar-refractivity contribution in [1.82, 2.24) is 4.57 Å². The van der Waals surface area contributed by atoms with E-state index < -0.39 is 0 Å². The topological polar surface area (TPSA) is 18.0 Å². The van der Waals surface area contributed by atoms with Gasteiger partial charge in [0.05, 0.1) is 13.7 Å². The molecule has 0 aliphatic carbocycles. The lowest BCUT2D eigenvalue weighted by molar-refractivity contribution is -0.679. The van der Waals surface area contributed by atoms with Gasteiger partial charge in [-0.25, -0.2) is 9.13 Å². The van der Waals surface area contributed by atoms with Crippen LogP contribution >= 0.6 is 0 Å². The standard InChI is InChI=1S/C20H39N2O/c1-4-6-7-8-9-10-11-12-13-14-18-23-19-22-17-16-21(3)20(22)15-5-2/h16-17H,4-15,18-19H2,1-3H3/q+1. The Morgan fingerprint density at radius 1 is 0.870 bits per heavy atom. The minimum absolute atomic E-state index is 0.702. The average Bonchev–Trinajstić information content (AvgIpc) is 2.89. The molecule has 0 fully saturated rings. The molecule has 0 radical (unpaired) electrons. The summed E-state index contributed by atoms with van der Waals surface area (Å²) in [5.41, 5.74) is 0. The Balaban J connectivity index is 1.94.